The molecule has 2 rings (SSSR count). The molecule has 0 unspecified atom stereocenters. The van der Waals surface area contributed by atoms with Crippen LogP contribution in [0.4, 0.5) is 0 Å². The van der Waals surface area contributed by atoms with Gasteiger partial charge in [0.2, 0.25) is 0 Å². The summed E-state index contributed by atoms with van der Waals surface area (Å²) in [7, 11) is 3.97. The van der Waals surface area contributed by atoms with Gasteiger partial charge in [-0.05, 0) is 32.3 Å². The fourth-order valence-corrected chi connectivity index (χ4v) is 1.50. The maximum Gasteiger partial charge on any atom is 0.192 e. The second-order valence-corrected chi connectivity index (χ2v) is 4.09. The van der Waals surface area contributed by atoms with Gasteiger partial charge in [-0.25, -0.2) is 0 Å². The lowest BCUT2D eigenvalue weighted by Crippen LogP contribution is -2.19. The number of hydrogen-bond donors (Lipinski definition) is 0. The van der Waals surface area contributed by atoms with Crippen LogP contribution in [-0.4, -0.2) is 32.1 Å². The molecule has 0 saturated carbocycles. The van der Waals surface area contributed by atoms with Gasteiger partial charge in [0.25, 0.3) is 0 Å². The Hall–Kier alpha value is -1.81. The van der Waals surface area contributed by atoms with E-state index in [2.05, 4.69) is 0 Å². The quantitative estimate of drug-likeness (QED) is 0.806. The largest absolute Gasteiger partial charge is 0.492 e. The van der Waals surface area contributed by atoms with Crippen LogP contribution >= 0.6 is 0 Å². The summed E-state index contributed by atoms with van der Waals surface area (Å²) in [5, 5.41) is 0.551. The van der Waals surface area contributed by atoms with Crippen molar-refractivity contribution in [2.24, 2.45) is 0 Å². The number of likely N-dealkylation sites (N-methyl/N-ethyl adjacent to an activating group) is 1. The van der Waals surface area contributed by atoms with Crippen LogP contribution in [0.25, 0.3) is 11.0 Å². The van der Waals surface area contributed by atoms with Crippen LogP contribution in [0.1, 0.15) is 0 Å². The molecule has 0 atom stereocenters. The summed E-state index contributed by atoms with van der Waals surface area (Å²) in [6.07, 6.45) is 1.40. The first-order chi connectivity index (χ1) is 8.16. The molecule has 0 aliphatic carbocycles. The van der Waals surface area contributed by atoms with E-state index < -0.39 is 0 Å². The fraction of sp³-hybridized carbons (Fsp3) is 0.308. The van der Waals surface area contributed by atoms with Gasteiger partial charge in [-0.2, -0.15) is 0 Å². The Kier molecular flexibility index (Phi) is 3.44. The van der Waals surface area contributed by atoms with Crippen LogP contribution < -0.4 is 10.2 Å². The molecule has 2 aromatic rings. The number of fused-ring (bicyclic) bond motifs is 1. The summed E-state index contributed by atoms with van der Waals surface area (Å²) >= 11 is 0. The van der Waals surface area contributed by atoms with Gasteiger partial charge in [-0.3, -0.25) is 4.79 Å². The predicted molar refractivity (Wildman–Crippen MR) is 66.5 cm³/mol. The van der Waals surface area contributed by atoms with Crippen LogP contribution in [0, 0.1) is 0 Å². The van der Waals surface area contributed by atoms with E-state index in [4.69, 9.17) is 9.15 Å². The van der Waals surface area contributed by atoms with Crippen LogP contribution in [0.2, 0.25) is 0 Å². The zero-order chi connectivity index (χ0) is 12.3. The van der Waals surface area contributed by atoms with Gasteiger partial charge in [-0.1, -0.05) is 0 Å². The van der Waals surface area contributed by atoms with Crippen molar-refractivity contribution in [1.82, 2.24) is 4.90 Å². The number of benzene rings is 1. The van der Waals surface area contributed by atoms with Crippen LogP contribution in [-0.2, 0) is 0 Å². The topological polar surface area (TPSA) is 42.7 Å². The van der Waals surface area contributed by atoms with E-state index in [1.165, 1.54) is 12.3 Å². The third kappa shape index (κ3) is 2.85. The molecule has 0 spiro atoms. The van der Waals surface area contributed by atoms with E-state index in [1.807, 2.05) is 19.0 Å². The molecule has 1 aromatic heterocycles. The van der Waals surface area contributed by atoms with Gasteiger partial charge in [-0.15, -0.1) is 0 Å². The Labute approximate surface area is 99.4 Å². The second kappa shape index (κ2) is 5.01. The van der Waals surface area contributed by atoms with Crippen molar-refractivity contribution in [1.29, 1.82) is 0 Å². The zero-order valence-corrected chi connectivity index (χ0v) is 9.97. The van der Waals surface area contributed by atoms with Gasteiger partial charge in [0, 0.05) is 12.6 Å². The molecular weight excluding hydrogens is 218 g/mol. The first-order valence-corrected chi connectivity index (χ1v) is 5.46. The first kappa shape index (κ1) is 11.7. The van der Waals surface area contributed by atoms with Crippen molar-refractivity contribution < 1.29 is 9.15 Å². The fourth-order valence-electron chi connectivity index (χ4n) is 1.50. The number of rotatable bonds is 4. The van der Waals surface area contributed by atoms with E-state index in [0.717, 1.165) is 6.54 Å². The van der Waals surface area contributed by atoms with Crippen molar-refractivity contribution in [3.05, 3.63) is 40.8 Å². The van der Waals surface area contributed by atoms with Gasteiger partial charge in [0.15, 0.2) is 5.43 Å². The molecule has 0 saturated heterocycles. The minimum Gasteiger partial charge on any atom is -0.492 e. The molecular formula is C13H15NO3. The molecule has 0 fully saturated rings. The highest BCUT2D eigenvalue weighted by Gasteiger charge is 2.02. The monoisotopic (exact) mass is 233 g/mol. The molecule has 90 valence electrons. The van der Waals surface area contributed by atoms with Crippen molar-refractivity contribution in [3.8, 4) is 5.75 Å². The lowest BCUT2D eigenvalue weighted by atomic mass is 10.2. The lowest BCUT2D eigenvalue weighted by Gasteiger charge is -2.11. The molecule has 0 bridgehead atoms. The minimum atomic E-state index is -0.0516. The van der Waals surface area contributed by atoms with Crippen molar-refractivity contribution >= 4 is 11.0 Å². The van der Waals surface area contributed by atoms with Crippen molar-refractivity contribution in [3.63, 3.8) is 0 Å². The molecule has 4 heteroatoms. The average molecular weight is 233 g/mol. The Bertz CT molecular complexity index is 560. The molecule has 1 heterocycles. The van der Waals surface area contributed by atoms with Gasteiger partial charge in [0.05, 0.1) is 11.6 Å². The second-order valence-electron chi connectivity index (χ2n) is 4.09. The number of hydrogen-bond acceptors (Lipinski definition) is 4. The first-order valence-electron chi connectivity index (χ1n) is 5.46. The highest BCUT2D eigenvalue weighted by atomic mass is 16.5. The lowest BCUT2D eigenvalue weighted by molar-refractivity contribution is 0.261. The summed E-state index contributed by atoms with van der Waals surface area (Å²) in [6.45, 7) is 1.43. The normalized spacial score (nSPS) is 11.0. The Balaban J connectivity index is 2.20. The summed E-state index contributed by atoms with van der Waals surface area (Å²) in [5.74, 6) is 0.692. The van der Waals surface area contributed by atoms with Crippen molar-refractivity contribution in [2.45, 2.75) is 0 Å². The van der Waals surface area contributed by atoms with Gasteiger partial charge in [0.1, 0.15) is 17.9 Å². The summed E-state index contributed by atoms with van der Waals surface area (Å²) in [5.41, 5.74) is 0.529. The van der Waals surface area contributed by atoms with Crippen LogP contribution in [0.5, 0.6) is 5.75 Å². The van der Waals surface area contributed by atoms with Gasteiger partial charge >= 0.3 is 0 Å². The smallest absolute Gasteiger partial charge is 0.192 e. The van der Waals surface area contributed by atoms with Crippen LogP contribution in [0.3, 0.4) is 0 Å². The Morgan fingerprint density at radius 1 is 1.29 bits per heavy atom. The predicted octanol–water partition coefficient (Wildman–Crippen LogP) is 1.73. The summed E-state index contributed by atoms with van der Waals surface area (Å²) in [6, 6.07) is 6.69. The standard InChI is InChI=1S/C13H15NO3/c1-14(2)6-8-16-10-3-4-13-11(9-10)12(15)5-7-17-13/h3-5,7,9H,6,8H2,1-2H3. The summed E-state index contributed by atoms with van der Waals surface area (Å²) < 4.78 is 10.8. The molecule has 1 aromatic carbocycles. The third-order valence-corrected chi connectivity index (χ3v) is 2.44. The Morgan fingerprint density at radius 3 is 2.88 bits per heavy atom. The summed E-state index contributed by atoms with van der Waals surface area (Å²) in [4.78, 5) is 13.6. The molecule has 17 heavy (non-hydrogen) atoms. The highest BCUT2D eigenvalue weighted by molar-refractivity contribution is 5.77. The number of ether oxygens (including phenoxy) is 1. The van der Waals surface area contributed by atoms with E-state index >= 15 is 0 Å². The van der Waals surface area contributed by atoms with E-state index in [-0.39, 0.29) is 5.43 Å². The number of nitrogens with zero attached hydrogens (tertiary/aromatic N) is 1. The average Bonchev–Trinajstić information content (AvgIpc) is 2.30. The van der Waals surface area contributed by atoms with Crippen molar-refractivity contribution in [2.75, 3.05) is 27.2 Å². The minimum absolute atomic E-state index is 0.0516. The van der Waals surface area contributed by atoms with E-state index in [0.29, 0.717) is 23.3 Å². The maximum atomic E-state index is 11.6. The van der Waals surface area contributed by atoms with Gasteiger partial charge < -0.3 is 14.1 Å². The SMILES string of the molecule is CN(C)CCOc1ccc2occc(=O)c2c1. The zero-order valence-electron chi connectivity index (χ0n) is 9.97. The van der Waals surface area contributed by atoms with E-state index in [1.54, 1.807) is 18.2 Å². The molecule has 0 amide bonds. The third-order valence-electron chi connectivity index (χ3n) is 2.44. The molecule has 4 nitrogen and oxygen atoms in total. The molecule has 0 N–H and O–H groups in total. The maximum absolute atomic E-state index is 11.6. The molecule has 0 aliphatic rings. The van der Waals surface area contributed by atoms with Crippen LogP contribution in [0.15, 0.2) is 39.7 Å². The highest BCUT2D eigenvalue weighted by Crippen LogP contribution is 2.17. The molecule has 0 radical (unpaired) electrons. The van der Waals surface area contributed by atoms with E-state index in [9.17, 15) is 4.79 Å². The molecule has 0 aliphatic heterocycles. The Morgan fingerprint density at radius 2 is 2.12 bits per heavy atom.